The number of H-pyrrole nitrogens is 1. The van der Waals surface area contributed by atoms with E-state index in [1.165, 1.54) is 22.3 Å². The Morgan fingerprint density at radius 2 is 1.89 bits per heavy atom. The molecule has 2 heterocycles. The number of benzene rings is 2. The molecule has 0 aliphatic heterocycles. The molecule has 0 saturated heterocycles. The van der Waals surface area contributed by atoms with Crippen LogP contribution in [0.3, 0.4) is 0 Å². The highest BCUT2D eigenvalue weighted by Crippen LogP contribution is 2.21. The Morgan fingerprint density at radius 1 is 0.964 bits per heavy atom. The molecular weight excluding hydrogens is 344 g/mol. The van der Waals surface area contributed by atoms with Crippen LogP contribution in [0.4, 0.5) is 0 Å². The van der Waals surface area contributed by atoms with E-state index >= 15 is 0 Å². The molecule has 0 fully saturated rings. The quantitative estimate of drug-likeness (QED) is 0.561. The summed E-state index contributed by atoms with van der Waals surface area (Å²) < 4.78 is 0. The summed E-state index contributed by atoms with van der Waals surface area (Å²) in [5.41, 5.74) is 8.50. The van der Waals surface area contributed by atoms with Gasteiger partial charge in [-0.15, -0.1) is 0 Å². The van der Waals surface area contributed by atoms with E-state index in [-0.39, 0.29) is 0 Å². The van der Waals surface area contributed by atoms with Crippen molar-refractivity contribution in [3.63, 3.8) is 0 Å². The average molecular weight is 366 g/mol. The first kappa shape index (κ1) is 16.9. The van der Waals surface area contributed by atoms with Crippen molar-refractivity contribution in [1.29, 1.82) is 0 Å². The number of hydrogen-bond acceptors (Lipinski definition) is 3. The molecule has 1 N–H and O–H groups in total. The maximum Gasteiger partial charge on any atom is 0.128 e. The SMILES string of the molecule is Cc1nc2ccc(Cc3ccnc(CCc4ccc5c(c4)C=CC5)n3)cc2[nH]1. The fourth-order valence-electron chi connectivity index (χ4n) is 3.87. The number of allylic oxidation sites excluding steroid dienone is 1. The highest BCUT2D eigenvalue weighted by atomic mass is 14.9. The molecule has 0 spiro atoms. The van der Waals surface area contributed by atoms with Crippen LogP contribution < -0.4 is 0 Å². The minimum Gasteiger partial charge on any atom is -0.342 e. The van der Waals surface area contributed by atoms with Gasteiger partial charge in [0.25, 0.3) is 0 Å². The summed E-state index contributed by atoms with van der Waals surface area (Å²) in [7, 11) is 0. The first-order chi connectivity index (χ1) is 13.7. The Labute approximate surface area is 164 Å². The number of nitrogens with zero attached hydrogens (tertiary/aromatic N) is 3. The van der Waals surface area contributed by atoms with Crippen LogP contribution in [0.2, 0.25) is 0 Å². The fourth-order valence-corrected chi connectivity index (χ4v) is 3.87. The zero-order chi connectivity index (χ0) is 18.9. The highest BCUT2D eigenvalue weighted by Gasteiger charge is 2.08. The van der Waals surface area contributed by atoms with E-state index in [0.717, 1.165) is 54.1 Å². The van der Waals surface area contributed by atoms with E-state index in [0.29, 0.717) is 0 Å². The lowest BCUT2D eigenvalue weighted by Gasteiger charge is -2.06. The number of aromatic nitrogens is 4. The van der Waals surface area contributed by atoms with Gasteiger partial charge in [-0.2, -0.15) is 0 Å². The lowest BCUT2D eigenvalue weighted by atomic mass is 10.0. The molecule has 0 radical (unpaired) electrons. The van der Waals surface area contributed by atoms with Crippen LogP contribution in [-0.4, -0.2) is 19.9 Å². The van der Waals surface area contributed by atoms with Gasteiger partial charge in [-0.3, -0.25) is 0 Å². The van der Waals surface area contributed by atoms with Gasteiger partial charge in [0.1, 0.15) is 11.6 Å². The van der Waals surface area contributed by atoms with Gasteiger partial charge in [-0.1, -0.05) is 36.4 Å². The minimum atomic E-state index is 0.799. The van der Waals surface area contributed by atoms with Gasteiger partial charge in [0, 0.05) is 24.7 Å². The van der Waals surface area contributed by atoms with Crippen molar-refractivity contribution in [3.8, 4) is 0 Å². The summed E-state index contributed by atoms with van der Waals surface area (Å²) >= 11 is 0. The molecule has 4 heteroatoms. The van der Waals surface area contributed by atoms with Crippen molar-refractivity contribution in [2.75, 3.05) is 0 Å². The zero-order valence-electron chi connectivity index (χ0n) is 15.9. The molecule has 2 aromatic carbocycles. The second-order valence-corrected chi connectivity index (χ2v) is 7.45. The van der Waals surface area contributed by atoms with Gasteiger partial charge in [-0.25, -0.2) is 15.0 Å². The number of aromatic amines is 1. The molecule has 0 saturated carbocycles. The van der Waals surface area contributed by atoms with Crippen molar-refractivity contribution in [2.45, 2.75) is 32.6 Å². The molecule has 138 valence electrons. The average Bonchev–Trinajstić information content (AvgIpc) is 3.31. The third-order valence-electron chi connectivity index (χ3n) is 5.30. The Morgan fingerprint density at radius 3 is 2.86 bits per heavy atom. The van der Waals surface area contributed by atoms with Gasteiger partial charge in [-0.05, 0) is 60.2 Å². The first-order valence-electron chi connectivity index (χ1n) is 9.77. The molecule has 5 rings (SSSR count). The van der Waals surface area contributed by atoms with Crippen molar-refractivity contribution in [1.82, 2.24) is 19.9 Å². The van der Waals surface area contributed by atoms with E-state index in [1.807, 2.05) is 19.2 Å². The van der Waals surface area contributed by atoms with E-state index in [4.69, 9.17) is 4.98 Å². The molecule has 4 nitrogen and oxygen atoms in total. The van der Waals surface area contributed by atoms with Crippen LogP contribution in [0.5, 0.6) is 0 Å². The first-order valence-corrected chi connectivity index (χ1v) is 9.77. The number of aryl methyl sites for hydroxylation is 3. The number of imidazole rings is 1. The normalized spacial score (nSPS) is 12.6. The van der Waals surface area contributed by atoms with Crippen molar-refractivity contribution < 1.29 is 0 Å². The fraction of sp³-hybridized carbons (Fsp3) is 0.208. The van der Waals surface area contributed by atoms with E-state index in [1.54, 1.807) is 0 Å². The predicted molar refractivity (Wildman–Crippen MR) is 112 cm³/mol. The maximum absolute atomic E-state index is 4.79. The number of hydrogen-bond donors (Lipinski definition) is 1. The second kappa shape index (κ2) is 7.04. The number of nitrogens with one attached hydrogen (secondary N) is 1. The van der Waals surface area contributed by atoms with Crippen molar-refractivity contribution in [2.24, 2.45) is 0 Å². The molecule has 2 aromatic heterocycles. The summed E-state index contributed by atoms with van der Waals surface area (Å²) in [6.07, 6.45) is 10.00. The van der Waals surface area contributed by atoms with Gasteiger partial charge in [0.2, 0.25) is 0 Å². The largest absolute Gasteiger partial charge is 0.342 e. The third kappa shape index (κ3) is 3.46. The third-order valence-corrected chi connectivity index (χ3v) is 5.30. The zero-order valence-corrected chi connectivity index (χ0v) is 15.9. The summed E-state index contributed by atoms with van der Waals surface area (Å²) in [5.74, 6) is 1.85. The topological polar surface area (TPSA) is 54.5 Å². The molecule has 28 heavy (non-hydrogen) atoms. The van der Waals surface area contributed by atoms with Crippen LogP contribution in [0, 0.1) is 6.92 Å². The lowest BCUT2D eigenvalue weighted by molar-refractivity contribution is 0.836. The maximum atomic E-state index is 4.79. The smallest absolute Gasteiger partial charge is 0.128 e. The number of fused-ring (bicyclic) bond motifs is 2. The van der Waals surface area contributed by atoms with Gasteiger partial charge < -0.3 is 4.98 Å². The second-order valence-electron chi connectivity index (χ2n) is 7.45. The molecule has 1 aliphatic carbocycles. The van der Waals surface area contributed by atoms with Crippen LogP contribution in [0.25, 0.3) is 17.1 Å². The van der Waals surface area contributed by atoms with Gasteiger partial charge >= 0.3 is 0 Å². The van der Waals surface area contributed by atoms with E-state index in [2.05, 4.69) is 63.5 Å². The summed E-state index contributed by atoms with van der Waals surface area (Å²) in [5, 5.41) is 0. The highest BCUT2D eigenvalue weighted by molar-refractivity contribution is 5.75. The van der Waals surface area contributed by atoms with Crippen LogP contribution in [0.15, 0.2) is 54.7 Å². The van der Waals surface area contributed by atoms with Crippen molar-refractivity contribution in [3.05, 3.63) is 94.3 Å². The Kier molecular flexibility index (Phi) is 4.24. The Balaban J connectivity index is 1.29. The standard InChI is InChI=1S/C24H22N4/c1-16-26-22-9-6-18(15-23(22)27-16)14-21-11-12-25-24(28-21)10-7-17-5-8-19-3-2-4-20(19)13-17/h2,4-6,8-9,11-13,15H,3,7,10,14H2,1H3,(H,26,27). The molecule has 0 bridgehead atoms. The van der Waals surface area contributed by atoms with Crippen LogP contribution in [0.1, 0.15) is 39.6 Å². The van der Waals surface area contributed by atoms with Crippen LogP contribution in [-0.2, 0) is 25.7 Å². The Bertz CT molecular complexity index is 1190. The van der Waals surface area contributed by atoms with E-state index < -0.39 is 0 Å². The van der Waals surface area contributed by atoms with E-state index in [9.17, 15) is 0 Å². The summed E-state index contributed by atoms with van der Waals surface area (Å²) in [4.78, 5) is 17.0. The molecule has 1 aliphatic rings. The van der Waals surface area contributed by atoms with Crippen LogP contribution >= 0.6 is 0 Å². The monoisotopic (exact) mass is 366 g/mol. The summed E-state index contributed by atoms with van der Waals surface area (Å²) in [6, 6.07) is 15.1. The lowest BCUT2D eigenvalue weighted by Crippen LogP contribution is -2.02. The predicted octanol–water partition coefficient (Wildman–Crippen LogP) is 4.61. The molecule has 0 unspecified atom stereocenters. The minimum absolute atomic E-state index is 0.799. The van der Waals surface area contributed by atoms with Gasteiger partial charge in [0.05, 0.1) is 11.0 Å². The van der Waals surface area contributed by atoms with Gasteiger partial charge in [0.15, 0.2) is 0 Å². The van der Waals surface area contributed by atoms with Crippen molar-refractivity contribution >= 4 is 17.1 Å². The molecule has 4 aromatic rings. The molecular formula is C24H22N4. The molecule has 0 atom stereocenters. The Hall–Kier alpha value is -3.27. The molecule has 0 amide bonds. The summed E-state index contributed by atoms with van der Waals surface area (Å²) in [6.45, 7) is 1.98. The number of rotatable bonds is 5.